The molecular weight excluding hydrogens is 479 g/mol. The highest BCUT2D eigenvalue weighted by atomic mass is 79.9. The van der Waals surface area contributed by atoms with E-state index < -0.39 is 11.9 Å². The van der Waals surface area contributed by atoms with Gasteiger partial charge in [-0.05, 0) is 76.1 Å². The molecule has 0 radical (unpaired) electrons. The van der Waals surface area contributed by atoms with Crippen molar-refractivity contribution in [1.29, 1.82) is 0 Å². The van der Waals surface area contributed by atoms with Crippen LogP contribution in [-0.2, 0) is 0 Å². The average Bonchev–Trinajstić information content (AvgIpc) is 2.71. The minimum absolute atomic E-state index is 0.288. The molecule has 0 atom stereocenters. The van der Waals surface area contributed by atoms with Gasteiger partial charge in [0.05, 0.1) is 21.8 Å². The molecule has 0 spiro atoms. The first kappa shape index (κ1) is 21.0. The van der Waals surface area contributed by atoms with Crippen LogP contribution in [0.15, 0.2) is 76.3 Å². The quantitative estimate of drug-likeness (QED) is 0.214. The van der Waals surface area contributed by atoms with Crippen LogP contribution in [0.25, 0.3) is 0 Å². The first-order chi connectivity index (χ1) is 13.9. The van der Waals surface area contributed by atoms with Gasteiger partial charge in [0.15, 0.2) is 0 Å². The molecule has 0 fully saturated rings. The zero-order valence-electron chi connectivity index (χ0n) is 14.7. The van der Waals surface area contributed by atoms with Gasteiger partial charge >= 0.3 is 5.97 Å². The lowest BCUT2D eigenvalue weighted by atomic mass is 10.2. The fraction of sp³-hybridized carbons (Fsp3) is 0. The fourth-order valence-electron chi connectivity index (χ4n) is 2.28. The van der Waals surface area contributed by atoms with Gasteiger partial charge in [0, 0.05) is 10.0 Å². The van der Waals surface area contributed by atoms with Gasteiger partial charge < -0.3 is 4.74 Å². The van der Waals surface area contributed by atoms with Crippen LogP contribution in [0.4, 0.5) is 0 Å². The molecule has 8 heteroatoms. The number of hydrogen-bond donors (Lipinski definition) is 1. The maximum absolute atomic E-state index is 12.2. The molecule has 3 aromatic rings. The fourth-order valence-corrected chi connectivity index (χ4v) is 3.02. The summed E-state index contributed by atoms with van der Waals surface area (Å²) in [6.45, 7) is 0. The summed E-state index contributed by atoms with van der Waals surface area (Å²) in [6, 6.07) is 18.2. The molecule has 0 bridgehead atoms. The normalized spacial score (nSPS) is 10.7. The van der Waals surface area contributed by atoms with Gasteiger partial charge in [0.1, 0.15) is 5.75 Å². The van der Waals surface area contributed by atoms with Crippen molar-refractivity contribution in [2.45, 2.75) is 0 Å². The second kappa shape index (κ2) is 9.69. The number of ether oxygens (including phenoxy) is 1. The first-order valence-corrected chi connectivity index (χ1v) is 9.84. The van der Waals surface area contributed by atoms with E-state index in [1.165, 1.54) is 18.3 Å². The predicted molar refractivity (Wildman–Crippen MR) is 117 cm³/mol. The van der Waals surface area contributed by atoms with E-state index in [9.17, 15) is 9.59 Å². The van der Waals surface area contributed by atoms with E-state index in [0.717, 1.165) is 0 Å². The number of esters is 1. The first-order valence-electron chi connectivity index (χ1n) is 8.29. The number of hydrazone groups is 1. The van der Waals surface area contributed by atoms with Crippen LogP contribution in [0.5, 0.6) is 5.75 Å². The summed E-state index contributed by atoms with van der Waals surface area (Å²) in [5.41, 5.74) is 3.89. The van der Waals surface area contributed by atoms with Crippen molar-refractivity contribution in [2.24, 2.45) is 5.10 Å². The molecule has 146 valence electrons. The van der Waals surface area contributed by atoms with Gasteiger partial charge in [0.25, 0.3) is 5.91 Å². The molecular formula is C21H13BrCl2N2O3. The molecule has 0 aliphatic heterocycles. The van der Waals surface area contributed by atoms with E-state index in [1.807, 2.05) is 6.07 Å². The molecule has 3 rings (SSSR count). The Bertz CT molecular complexity index is 1090. The van der Waals surface area contributed by atoms with Crippen LogP contribution in [-0.4, -0.2) is 18.1 Å². The Kier molecular flexibility index (Phi) is 7.04. The Labute approximate surface area is 185 Å². The number of carbonyl (C=O) groups excluding carboxylic acids is 2. The highest BCUT2D eigenvalue weighted by Crippen LogP contribution is 2.22. The van der Waals surface area contributed by atoms with Gasteiger partial charge in [-0.3, -0.25) is 4.79 Å². The molecule has 0 saturated carbocycles. The van der Waals surface area contributed by atoms with Gasteiger partial charge in [-0.1, -0.05) is 35.3 Å². The monoisotopic (exact) mass is 490 g/mol. The number of nitrogens with zero attached hydrogens (tertiary/aromatic N) is 1. The van der Waals surface area contributed by atoms with E-state index in [1.54, 1.807) is 48.5 Å². The van der Waals surface area contributed by atoms with Crippen molar-refractivity contribution in [3.05, 3.63) is 97.9 Å². The highest BCUT2D eigenvalue weighted by Gasteiger charge is 2.11. The summed E-state index contributed by atoms with van der Waals surface area (Å²) in [7, 11) is 0. The average molecular weight is 492 g/mol. The second-order valence-electron chi connectivity index (χ2n) is 5.77. The Morgan fingerprint density at radius 3 is 2.38 bits per heavy atom. The van der Waals surface area contributed by atoms with Crippen LogP contribution in [0.3, 0.4) is 0 Å². The van der Waals surface area contributed by atoms with Crippen molar-refractivity contribution >= 4 is 57.2 Å². The minimum Gasteiger partial charge on any atom is -0.423 e. The molecule has 0 aliphatic rings. The van der Waals surface area contributed by atoms with E-state index in [0.29, 0.717) is 31.9 Å². The minimum atomic E-state index is -0.465. The number of nitrogens with one attached hydrogen (secondary N) is 1. The zero-order valence-corrected chi connectivity index (χ0v) is 17.8. The summed E-state index contributed by atoms with van der Waals surface area (Å²) in [5.74, 6) is -0.491. The summed E-state index contributed by atoms with van der Waals surface area (Å²) in [4.78, 5) is 24.3. The molecule has 0 saturated heterocycles. The predicted octanol–water partition coefficient (Wildman–Crippen LogP) is 5.74. The zero-order chi connectivity index (χ0) is 20.8. The molecule has 0 heterocycles. The maximum Gasteiger partial charge on any atom is 0.344 e. The lowest BCUT2D eigenvalue weighted by molar-refractivity contribution is 0.0733. The van der Waals surface area contributed by atoms with Gasteiger partial charge in [-0.15, -0.1) is 0 Å². The van der Waals surface area contributed by atoms with E-state index >= 15 is 0 Å². The van der Waals surface area contributed by atoms with Gasteiger partial charge in [-0.25, -0.2) is 10.2 Å². The summed E-state index contributed by atoms with van der Waals surface area (Å²) < 4.78 is 6.01. The highest BCUT2D eigenvalue weighted by molar-refractivity contribution is 9.10. The van der Waals surface area contributed by atoms with Crippen molar-refractivity contribution in [3.8, 4) is 5.75 Å². The number of hydrogen-bond acceptors (Lipinski definition) is 4. The Morgan fingerprint density at radius 2 is 1.69 bits per heavy atom. The van der Waals surface area contributed by atoms with Crippen LogP contribution in [0.1, 0.15) is 26.3 Å². The van der Waals surface area contributed by atoms with Crippen LogP contribution >= 0.6 is 39.1 Å². The van der Waals surface area contributed by atoms with Gasteiger partial charge in [-0.2, -0.15) is 5.10 Å². The summed E-state index contributed by atoms with van der Waals surface area (Å²) in [6.07, 6.45) is 1.47. The standard InChI is InChI=1S/C21H13BrCl2N2O3/c22-17-4-2-1-3-16(17)21(28)29-15-8-5-13(6-9-15)12-25-26-20(27)14-7-10-18(23)19(24)11-14/h1-12H,(H,26,27)/b25-12+. The molecule has 0 unspecified atom stereocenters. The van der Waals surface area contributed by atoms with Crippen molar-refractivity contribution in [2.75, 3.05) is 0 Å². The van der Waals surface area contributed by atoms with Crippen molar-refractivity contribution < 1.29 is 14.3 Å². The van der Waals surface area contributed by atoms with Crippen LogP contribution in [0.2, 0.25) is 10.0 Å². The lowest BCUT2D eigenvalue weighted by Gasteiger charge is -2.06. The van der Waals surface area contributed by atoms with Crippen LogP contribution in [0, 0.1) is 0 Å². The Balaban J connectivity index is 1.58. The van der Waals surface area contributed by atoms with E-state index in [4.69, 9.17) is 27.9 Å². The molecule has 0 aliphatic carbocycles. The summed E-state index contributed by atoms with van der Waals surface area (Å²) in [5, 5.41) is 4.56. The third-order valence-corrected chi connectivity index (χ3v) is 5.18. The molecule has 3 aromatic carbocycles. The summed E-state index contributed by atoms with van der Waals surface area (Å²) >= 11 is 15.0. The van der Waals surface area contributed by atoms with E-state index in [2.05, 4.69) is 26.5 Å². The number of amides is 1. The van der Waals surface area contributed by atoms with Crippen molar-refractivity contribution in [3.63, 3.8) is 0 Å². The number of halogens is 3. The molecule has 1 amide bonds. The van der Waals surface area contributed by atoms with Crippen molar-refractivity contribution in [1.82, 2.24) is 5.43 Å². The third-order valence-electron chi connectivity index (χ3n) is 3.75. The topological polar surface area (TPSA) is 67.8 Å². The van der Waals surface area contributed by atoms with E-state index in [-0.39, 0.29) is 5.02 Å². The molecule has 29 heavy (non-hydrogen) atoms. The smallest absolute Gasteiger partial charge is 0.344 e. The SMILES string of the molecule is O=C(N/N=C/c1ccc(OC(=O)c2ccccc2Br)cc1)c1ccc(Cl)c(Cl)c1. The third kappa shape index (κ3) is 5.67. The molecule has 0 aromatic heterocycles. The second-order valence-corrected chi connectivity index (χ2v) is 7.44. The molecule has 5 nitrogen and oxygen atoms in total. The number of benzene rings is 3. The molecule has 1 N–H and O–H groups in total. The maximum atomic E-state index is 12.2. The van der Waals surface area contributed by atoms with Crippen LogP contribution < -0.4 is 10.2 Å². The van der Waals surface area contributed by atoms with Gasteiger partial charge in [0.2, 0.25) is 0 Å². The number of rotatable bonds is 5. The largest absolute Gasteiger partial charge is 0.423 e. The lowest BCUT2D eigenvalue weighted by Crippen LogP contribution is -2.17. The Hall–Kier alpha value is -2.67. The number of carbonyl (C=O) groups is 2. The Morgan fingerprint density at radius 1 is 0.966 bits per heavy atom.